The van der Waals surface area contributed by atoms with Crippen molar-refractivity contribution in [1.82, 2.24) is 9.55 Å². The molecule has 1 aliphatic rings. The van der Waals surface area contributed by atoms with E-state index in [1.54, 1.807) is 0 Å². The summed E-state index contributed by atoms with van der Waals surface area (Å²) in [5.74, 6) is 0.686. The SMILES string of the molecule is Cc1ccc2nc(N)n(C3CCCCCCC3)c2c1. The number of imidazole rings is 1. The molecular formula is C16H23N3. The number of benzene rings is 1. The van der Waals surface area contributed by atoms with Gasteiger partial charge in [-0.25, -0.2) is 4.98 Å². The standard InChI is InChI=1S/C16H23N3/c1-12-9-10-14-15(11-12)19(16(17)18-14)13-7-5-3-2-4-6-8-13/h9-11,13H,2-8H2,1H3,(H2,17,18). The number of fused-ring (bicyclic) bond motifs is 1. The zero-order valence-corrected chi connectivity index (χ0v) is 11.7. The lowest BCUT2D eigenvalue weighted by molar-refractivity contribution is 0.381. The van der Waals surface area contributed by atoms with Gasteiger partial charge in [0, 0.05) is 6.04 Å². The molecule has 1 aliphatic carbocycles. The predicted molar refractivity (Wildman–Crippen MR) is 80.2 cm³/mol. The van der Waals surface area contributed by atoms with Gasteiger partial charge in [0.2, 0.25) is 5.95 Å². The van der Waals surface area contributed by atoms with Crippen LogP contribution in [0.3, 0.4) is 0 Å². The van der Waals surface area contributed by atoms with Gasteiger partial charge in [-0.1, -0.05) is 38.2 Å². The summed E-state index contributed by atoms with van der Waals surface area (Å²) < 4.78 is 2.29. The molecule has 3 heteroatoms. The smallest absolute Gasteiger partial charge is 0.201 e. The van der Waals surface area contributed by atoms with E-state index in [-0.39, 0.29) is 0 Å². The maximum Gasteiger partial charge on any atom is 0.201 e. The van der Waals surface area contributed by atoms with Crippen molar-refractivity contribution in [1.29, 1.82) is 0 Å². The Bertz CT molecular complexity index is 563. The lowest BCUT2D eigenvalue weighted by Gasteiger charge is -2.23. The van der Waals surface area contributed by atoms with Crippen LogP contribution in [0.1, 0.15) is 56.6 Å². The highest BCUT2D eigenvalue weighted by Crippen LogP contribution is 2.32. The summed E-state index contributed by atoms with van der Waals surface area (Å²) in [6.07, 6.45) is 9.23. The molecule has 2 N–H and O–H groups in total. The summed E-state index contributed by atoms with van der Waals surface area (Å²) >= 11 is 0. The molecule has 3 nitrogen and oxygen atoms in total. The second-order valence-corrected chi connectivity index (χ2v) is 5.83. The second kappa shape index (κ2) is 5.24. The van der Waals surface area contributed by atoms with Crippen LogP contribution >= 0.6 is 0 Å². The van der Waals surface area contributed by atoms with E-state index in [0.29, 0.717) is 12.0 Å². The Morgan fingerprint density at radius 3 is 2.53 bits per heavy atom. The van der Waals surface area contributed by atoms with E-state index in [4.69, 9.17) is 5.73 Å². The first kappa shape index (κ1) is 12.5. The molecule has 19 heavy (non-hydrogen) atoms. The van der Waals surface area contributed by atoms with E-state index in [9.17, 15) is 0 Å². The predicted octanol–water partition coefficient (Wildman–Crippen LogP) is 4.21. The van der Waals surface area contributed by atoms with Gasteiger partial charge in [-0.3, -0.25) is 0 Å². The largest absolute Gasteiger partial charge is 0.369 e. The summed E-state index contributed by atoms with van der Waals surface area (Å²) in [5, 5.41) is 0. The zero-order chi connectivity index (χ0) is 13.2. The van der Waals surface area contributed by atoms with E-state index in [1.165, 1.54) is 56.0 Å². The highest BCUT2D eigenvalue weighted by atomic mass is 15.2. The number of anilines is 1. The molecule has 0 amide bonds. The summed E-state index contributed by atoms with van der Waals surface area (Å²) in [7, 11) is 0. The molecule has 1 heterocycles. The molecule has 102 valence electrons. The third-order valence-corrected chi connectivity index (χ3v) is 4.31. The van der Waals surface area contributed by atoms with Gasteiger partial charge in [0.1, 0.15) is 0 Å². The van der Waals surface area contributed by atoms with Gasteiger partial charge in [0.15, 0.2) is 0 Å². The van der Waals surface area contributed by atoms with Crippen molar-refractivity contribution < 1.29 is 0 Å². The number of nitrogen functional groups attached to an aromatic ring is 1. The average molecular weight is 257 g/mol. The normalized spacial score (nSPS) is 18.4. The minimum atomic E-state index is 0.534. The third-order valence-electron chi connectivity index (χ3n) is 4.31. The highest BCUT2D eigenvalue weighted by molar-refractivity contribution is 5.79. The van der Waals surface area contributed by atoms with Crippen molar-refractivity contribution in [3.8, 4) is 0 Å². The first-order valence-corrected chi connectivity index (χ1v) is 7.50. The average Bonchev–Trinajstić information content (AvgIpc) is 2.65. The lowest BCUT2D eigenvalue weighted by atomic mass is 9.96. The van der Waals surface area contributed by atoms with Gasteiger partial charge in [-0.2, -0.15) is 0 Å². The Labute approximate surface area is 114 Å². The second-order valence-electron chi connectivity index (χ2n) is 5.83. The Balaban J connectivity index is 2.01. The van der Waals surface area contributed by atoms with Gasteiger partial charge in [-0.15, -0.1) is 0 Å². The maximum atomic E-state index is 6.18. The summed E-state index contributed by atoms with van der Waals surface area (Å²) in [4.78, 5) is 4.52. The fraction of sp³-hybridized carbons (Fsp3) is 0.562. The van der Waals surface area contributed by atoms with E-state index < -0.39 is 0 Å². The van der Waals surface area contributed by atoms with Crippen molar-refractivity contribution in [3.05, 3.63) is 23.8 Å². The minimum Gasteiger partial charge on any atom is -0.369 e. The molecule has 3 rings (SSSR count). The molecule has 0 aliphatic heterocycles. The Morgan fingerprint density at radius 1 is 1.11 bits per heavy atom. The van der Waals surface area contributed by atoms with Crippen LogP contribution in [0.2, 0.25) is 0 Å². The lowest BCUT2D eigenvalue weighted by Crippen LogP contribution is -2.13. The molecule has 0 unspecified atom stereocenters. The molecule has 1 aromatic carbocycles. The monoisotopic (exact) mass is 257 g/mol. The number of aryl methyl sites for hydroxylation is 1. The van der Waals surface area contributed by atoms with Gasteiger partial charge in [0.25, 0.3) is 0 Å². The molecule has 1 saturated carbocycles. The van der Waals surface area contributed by atoms with Crippen LogP contribution in [0.25, 0.3) is 11.0 Å². The molecule has 0 spiro atoms. The van der Waals surface area contributed by atoms with Gasteiger partial charge in [-0.05, 0) is 37.5 Å². The number of nitrogens with two attached hydrogens (primary N) is 1. The maximum absolute atomic E-state index is 6.18. The Morgan fingerprint density at radius 2 is 1.79 bits per heavy atom. The van der Waals surface area contributed by atoms with Crippen LogP contribution in [0, 0.1) is 6.92 Å². The van der Waals surface area contributed by atoms with Crippen molar-refractivity contribution in [2.75, 3.05) is 5.73 Å². The summed E-state index contributed by atoms with van der Waals surface area (Å²) in [6, 6.07) is 6.95. The molecule has 1 fully saturated rings. The van der Waals surface area contributed by atoms with E-state index in [0.717, 1.165) is 5.52 Å². The molecular weight excluding hydrogens is 234 g/mol. The number of rotatable bonds is 1. The summed E-state index contributed by atoms with van der Waals surface area (Å²) in [6.45, 7) is 2.13. The molecule has 0 atom stereocenters. The van der Waals surface area contributed by atoms with Crippen molar-refractivity contribution in [2.45, 2.75) is 57.9 Å². The minimum absolute atomic E-state index is 0.534. The van der Waals surface area contributed by atoms with Crippen LogP contribution < -0.4 is 5.73 Å². The fourth-order valence-electron chi connectivity index (χ4n) is 3.30. The molecule has 1 aromatic heterocycles. The highest BCUT2D eigenvalue weighted by Gasteiger charge is 2.18. The van der Waals surface area contributed by atoms with Crippen LogP contribution in [-0.4, -0.2) is 9.55 Å². The fourth-order valence-corrected chi connectivity index (χ4v) is 3.30. The van der Waals surface area contributed by atoms with Crippen LogP contribution in [-0.2, 0) is 0 Å². The van der Waals surface area contributed by atoms with Gasteiger partial charge >= 0.3 is 0 Å². The van der Waals surface area contributed by atoms with Crippen LogP contribution in [0.15, 0.2) is 18.2 Å². The molecule has 0 bridgehead atoms. The van der Waals surface area contributed by atoms with E-state index >= 15 is 0 Å². The number of hydrogen-bond donors (Lipinski definition) is 1. The Hall–Kier alpha value is -1.51. The number of aromatic nitrogens is 2. The van der Waals surface area contributed by atoms with Crippen molar-refractivity contribution >= 4 is 17.0 Å². The van der Waals surface area contributed by atoms with Crippen LogP contribution in [0.5, 0.6) is 0 Å². The molecule has 0 saturated heterocycles. The third kappa shape index (κ3) is 2.46. The van der Waals surface area contributed by atoms with Crippen LogP contribution in [0.4, 0.5) is 5.95 Å². The first-order valence-electron chi connectivity index (χ1n) is 7.50. The van der Waals surface area contributed by atoms with E-state index in [2.05, 4.69) is 34.7 Å². The van der Waals surface area contributed by atoms with Gasteiger partial charge < -0.3 is 10.3 Å². The van der Waals surface area contributed by atoms with Crippen molar-refractivity contribution in [3.63, 3.8) is 0 Å². The number of hydrogen-bond acceptors (Lipinski definition) is 2. The van der Waals surface area contributed by atoms with E-state index in [1.807, 2.05) is 0 Å². The van der Waals surface area contributed by atoms with Crippen molar-refractivity contribution in [2.24, 2.45) is 0 Å². The molecule has 2 aromatic rings. The quantitative estimate of drug-likeness (QED) is 0.831. The molecule has 0 radical (unpaired) electrons. The first-order chi connectivity index (χ1) is 9.25. The summed E-state index contributed by atoms with van der Waals surface area (Å²) in [5.41, 5.74) is 9.70. The number of nitrogens with zero attached hydrogens (tertiary/aromatic N) is 2. The topological polar surface area (TPSA) is 43.8 Å². The Kier molecular flexibility index (Phi) is 3.45. The van der Waals surface area contributed by atoms with Gasteiger partial charge in [0.05, 0.1) is 11.0 Å². The zero-order valence-electron chi connectivity index (χ0n) is 11.7.